The second kappa shape index (κ2) is 4.24. The van der Waals surface area contributed by atoms with Gasteiger partial charge in [-0.15, -0.1) is 0 Å². The lowest BCUT2D eigenvalue weighted by atomic mass is 9.63. The van der Waals surface area contributed by atoms with Crippen LogP contribution >= 0.6 is 0 Å². The predicted molar refractivity (Wildman–Crippen MR) is 67.6 cm³/mol. The molecule has 2 unspecified atom stereocenters. The minimum absolute atomic E-state index is 0.0122. The van der Waals surface area contributed by atoms with E-state index in [-0.39, 0.29) is 11.9 Å². The van der Waals surface area contributed by atoms with Crippen LogP contribution in [0.4, 0.5) is 0 Å². The van der Waals surface area contributed by atoms with Crippen LogP contribution in [-0.2, 0) is 4.79 Å². The molecule has 0 aromatic heterocycles. The minimum atomic E-state index is -0.717. The summed E-state index contributed by atoms with van der Waals surface area (Å²) in [7, 11) is 0. The maximum Gasteiger partial charge on any atom is 0.240 e. The zero-order valence-electron chi connectivity index (χ0n) is 11.0. The van der Waals surface area contributed by atoms with E-state index in [0.717, 1.165) is 25.8 Å². The van der Waals surface area contributed by atoms with Gasteiger partial charge in [-0.1, -0.05) is 6.92 Å². The molecule has 3 fully saturated rings. The average Bonchev–Trinajstić information content (AvgIpc) is 2.89. The van der Waals surface area contributed by atoms with Crippen molar-refractivity contribution < 1.29 is 4.79 Å². The first-order valence-corrected chi connectivity index (χ1v) is 7.11. The molecule has 2 saturated heterocycles. The molecule has 4 nitrogen and oxygen atoms in total. The van der Waals surface area contributed by atoms with Crippen molar-refractivity contribution in [1.82, 2.24) is 10.2 Å². The van der Waals surface area contributed by atoms with Crippen LogP contribution in [0.1, 0.15) is 39.0 Å². The van der Waals surface area contributed by atoms with E-state index in [0.29, 0.717) is 12.0 Å². The molecule has 2 atom stereocenters. The van der Waals surface area contributed by atoms with Gasteiger partial charge in [0.15, 0.2) is 0 Å². The van der Waals surface area contributed by atoms with Gasteiger partial charge in [-0.2, -0.15) is 5.26 Å². The van der Waals surface area contributed by atoms with Gasteiger partial charge in [-0.05, 0) is 44.6 Å². The Hall–Kier alpha value is -1.08. The smallest absolute Gasteiger partial charge is 0.240 e. The number of fused-ring (bicyclic) bond motifs is 1. The molecule has 0 radical (unpaired) electrons. The van der Waals surface area contributed by atoms with Crippen LogP contribution in [0.5, 0.6) is 0 Å². The average molecular weight is 247 g/mol. The molecule has 2 heterocycles. The highest BCUT2D eigenvalue weighted by Gasteiger charge is 2.50. The van der Waals surface area contributed by atoms with E-state index < -0.39 is 5.41 Å². The summed E-state index contributed by atoms with van der Waals surface area (Å²) in [5.74, 6) is 0.504. The Balaban J connectivity index is 1.63. The van der Waals surface area contributed by atoms with Crippen molar-refractivity contribution in [3.05, 3.63) is 0 Å². The number of amides is 1. The molecule has 1 aliphatic carbocycles. The third kappa shape index (κ3) is 1.73. The molecule has 3 aliphatic rings. The molecule has 98 valence electrons. The molecule has 4 heteroatoms. The van der Waals surface area contributed by atoms with Gasteiger partial charge in [0.1, 0.15) is 5.41 Å². The van der Waals surface area contributed by atoms with Gasteiger partial charge < -0.3 is 5.32 Å². The number of nitrogens with one attached hydrogen (secondary N) is 1. The number of rotatable bonds is 2. The molecule has 0 aromatic rings. The van der Waals surface area contributed by atoms with E-state index in [1.54, 1.807) is 0 Å². The third-order valence-corrected chi connectivity index (χ3v) is 4.97. The summed E-state index contributed by atoms with van der Waals surface area (Å²) >= 11 is 0. The van der Waals surface area contributed by atoms with Crippen molar-refractivity contribution in [2.24, 2.45) is 11.3 Å². The van der Waals surface area contributed by atoms with Gasteiger partial charge in [0.05, 0.1) is 6.07 Å². The lowest BCUT2D eigenvalue weighted by Crippen LogP contribution is -2.53. The van der Waals surface area contributed by atoms with Crippen LogP contribution in [-0.4, -0.2) is 36.0 Å². The molecular weight excluding hydrogens is 226 g/mol. The van der Waals surface area contributed by atoms with E-state index in [1.165, 1.54) is 19.4 Å². The highest BCUT2D eigenvalue weighted by Crippen LogP contribution is 2.45. The Morgan fingerprint density at radius 1 is 1.39 bits per heavy atom. The van der Waals surface area contributed by atoms with Gasteiger partial charge in [-0.3, -0.25) is 9.69 Å². The second-order valence-electron chi connectivity index (χ2n) is 6.32. The molecular formula is C14H21N3O. The summed E-state index contributed by atoms with van der Waals surface area (Å²) in [6, 6.07) is 3.06. The minimum Gasteiger partial charge on any atom is -0.350 e. The summed E-state index contributed by atoms with van der Waals surface area (Å²) < 4.78 is 0. The molecule has 0 aromatic carbocycles. The van der Waals surface area contributed by atoms with Crippen molar-refractivity contribution in [2.75, 3.05) is 13.1 Å². The largest absolute Gasteiger partial charge is 0.350 e. The van der Waals surface area contributed by atoms with E-state index >= 15 is 0 Å². The number of hydrogen-bond donors (Lipinski definition) is 1. The first-order valence-electron chi connectivity index (χ1n) is 7.11. The molecule has 1 N–H and O–H groups in total. The first kappa shape index (κ1) is 12.0. The lowest BCUT2D eigenvalue weighted by Gasteiger charge is -2.40. The zero-order valence-corrected chi connectivity index (χ0v) is 11.0. The maximum atomic E-state index is 12.3. The summed E-state index contributed by atoms with van der Waals surface area (Å²) in [6.45, 7) is 4.39. The Morgan fingerprint density at radius 3 is 2.83 bits per heavy atom. The van der Waals surface area contributed by atoms with E-state index in [9.17, 15) is 10.1 Å². The molecule has 0 bridgehead atoms. The van der Waals surface area contributed by atoms with Gasteiger partial charge in [0.2, 0.25) is 5.91 Å². The summed E-state index contributed by atoms with van der Waals surface area (Å²) in [4.78, 5) is 14.8. The van der Waals surface area contributed by atoms with Crippen LogP contribution in [0.15, 0.2) is 0 Å². The second-order valence-corrected chi connectivity index (χ2v) is 6.32. The van der Waals surface area contributed by atoms with Gasteiger partial charge in [-0.25, -0.2) is 0 Å². The van der Waals surface area contributed by atoms with Crippen LogP contribution < -0.4 is 5.32 Å². The number of nitrogens with zero attached hydrogens (tertiary/aromatic N) is 2. The first-order chi connectivity index (χ1) is 8.64. The van der Waals surface area contributed by atoms with Crippen LogP contribution in [0.2, 0.25) is 0 Å². The molecule has 18 heavy (non-hydrogen) atoms. The highest BCUT2D eigenvalue weighted by atomic mass is 16.2. The molecule has 1 saturated carbocycles. The van der Waals surface area contributed by atoms with Crippen LogP contribution in [0.3, 0.4) is 0 Å². The van der Waals surface area contributed by atoms with Crippen molar-refractivity contribution in [3.8, 4) is 6.07 Å². The molecule has 1 amide bonds. The van der Waals surface area contributed by atoms with Crippen molar-refractivity contribution >= 4 is 5.91 Å². The Kier molecular flexibility index (Phi) is 2.82. The number of carbonyl (C=O) groups is 1. The Labute approximate surface area is 108 Å². The summed E-state index contributed by atoms with van der Waals surface area (Å²) in [5, 5.41) is 12.4. The van der Waals surface area contributed by atoms with E-state index in [2.05, 4.69) is 23.2 Å². The standard InChI is InChI=1S/C14H21N3O/c1-10-7-14(8-10,9-15)13(18)16-11-4-6-17-5-2-3-12(11)17/h10-12H,2-8H2,1H3,(H,16,18). The lowest BCUT2D eigenvalue weighted by molar-refractivity contribution is -0.134. The summed E-state index contributed by atoms with van der Waals surface area (Å²) in [5.41, 5.74) is -0.717. The Bertz CT molecular complexity index is 394. The van der Waals surface area contributed by atoms with Gasteiger partial charge in [0, 0.05) is 18.6 Å². The molecule has 2 aliphatic heterocycles. The van der Waals surface area contributed by atoms with E-state index in [4.69, 9.17) is 0 Å². The SMILES string of the molecule is CC1CC(C#N)(C(=O)NC2CCN3CCCC23)C1. The Morgan fingerprint density at radius 2 is 2.17 bits per heavy atom. The van der Waals surface area contributed by atoms with Gasteiger partial charge >= 0.3 is 0 Å². The fourth-order valence-electron chi connectivity index (χ4n) is 4.01. The predicted octanol–water partition coefficient (Wildman–Crippen LogP) is 1.28. The van der Waals surface area contributed by atoms with Crippen LogP contribution in [0, 0.1) is 22.7 Å². The van der Waals surface area contributed by atoms with Crippen molar-refractivity contribution in [2.45, 2.75) is 51.1 Å². The van der Waals surface area contributed by atoms with Crippen molar-refractivity contribution in [3.63, 3.8) is 0 Å². The molecule has 0 spiro atoms. The highest BCUT2D eigenvalue weighted by molar-refractivity contribution is 5.86. The zero-order chi connectivity index (χ0) is 12.8. The maximum absolute atomic E-state index is 12.3. The number of nitriles is 1. The van der Waals surface area contributed by atoms with Crippen molar-refractivity contribution in [1.29, 1.82) is 5.26 Å². The number of carbonyl (C=O) groups excluding carboxylic acids is 1. The molecule has 3 rings (SSSR count). The van der Waals surface area contributed by atoms with E-state index in [1.807, 2.05) is 0 Å². The fraction of sp³-hybridized carbons (Fsp3) is 0.857. The monoisotopic (exact) mass is 247 g/mol. The number of hydrogen-bond acceptors (Lipinski definition) is 3. The normalized spacial score (nSPS) is 43.0. The quantitative estimate of drug-likeness (QED) is 0.799. The van der Waals surface area contributed by atoms with Gasteiger partial charge in [0.25, 0.3) is 0 Å². The third-order valence-electron chi connectivity index (χ3n) is 4.97. The fourth-order valence-corrected chi connectivity index (χ4v) is 4.01. The topological polar surface area (TPSA) is 56.1 Å². The summed E-state index contributed by atoms with van der Waals surface area (Å²) in [6.07, 6.45) is 4.96. The van der Waals surface area contributed by atoms with Crippen LogP contribution in [0.25, 0.3) is 0 Å².